The summed E-state index contributed by atoms with van der Waals surface area (Å²) in [6.07, 6.45) is 26.6. The van der Waals surface area contributed by atoms with Crippen LogP contribution in [-0.4, -0.2) is 15.0 Å². The van der Waals surface area contributed by atoms with Crippen molar-refractivity contribution in [1.29, 1.82) is 0 Å². The Balaban J connectivity index is 2.09. The lowest BCUT2D eigenvalue weighted by atomic mass is 10.1. The number of aromatic nitrogens is 3. The van der Waals surface area contributed by atoms with E-state index in [0.717, 1.165) is 30.3 Å². The van der Waals surface area contributed by atoms with E-state index in [1.54, 1.807) is 0 Å². The third-order valence-electron chi connectivity index (χ3n) is 5.85. The average molecular weight is 404 g/mol. The Hall–Kier alpha value is -0.990. The fourth-order valence-electron chi connectivity index (χ4n) is 4.01. The van der Waals surface area contributed by atoms with Gasteiger partial charge in [0.25, 0.3) is 0 Å². The predicted octanol–water partition coefficient (Wildman–Crippen LogP) is 8.33. The van der Waals surface area contributed by atoms with Crippen LogP contribution in [0.1, 0.15) is 147 Å². The number of hydrogen-bond donors (Lipinski definition) is 0. The molecule has 1 aromatic heterocycles. The normalized spacial score (nSPS) is 11.3. The summed E-state index contributed by atoms with van der Waals surface area (Å²) < 4.78 is 0. The summed E-state index contributed by atoms with van der Waals surface area (Å²) in [7, 11) is 0. The number of aryl methyl sites for hydroxylation is 3. The third-order valence-corrected chi connectivity index (χ3v) is 5.85. The highest BCUT2D eigenvalue weighted by atomic mass is 15.0. The molecule has 0 aliphatic heterocycles. The van der Waals surface area contributed by atoms with E-state index < -0.39 is 0 Å². The highest BCUT2D eigenvalue weighted by Crippen LogP contribution is 2.13. The van der Waals surface area contributed by atoms with Crippen LogP contribution in [0.5, 0.6) is 0 Å². The standard InChI is InChI=1S/C26H49N3/c1-4-6-8-10-12-14-16-18-20-22-25-27-24(3)28-26(29-25)23-21-19-17-15-13-11-9-7-5-2/h4-23H2,1-3H3. The van der Waals surface area contributed by atoms with Crippen molar-refractivity contribution < 1.29 is 0 Å². The van der Waals surface area contributed by atoms with Gasteiger partial charge in [-0.05, 0) is 19.8 Å². The molecule has 0 spiro atoms. The molecule has 1 aromatic rings. The monoisotopic (exact) mass is 403 g/mol. The van der Waals surface area contributed by atoms with E-state index in [4.69, 9.17) is 4.98 Å². The topological polar surface area (TPSA) is 38.7 Å². The van der Waals surface area contributed by atoms with Crippen LogP contribution in [-0.2, 0) is 12.8 Å². The van der Waals surface area contributed by atoms with E-state index >= 15 is 0 Å². The average Bonchev–Trinajstić information content (AvgIpc) is 2.71. The molecule has 0 atom stereocenters. The number of unbranched alkanes of at least 4 members (excludes halogenated alkanes) is 16. The molecule has 0 radical (unpaired) electrons. The zero-order valence-corrected chi connectivity index (χ0v) is 20.0. The van der Waals surface area contributed by atoms with Crippen LogP contribution >= 0.6 is 0 Å². The maximum Gasteiger partial charge on any atom is 0.132 e. The van der Waals surface area contributed by atoms with E-state index in [9.17, 15) is 0 Å². The van der Waals surface area contributed by atoms with Gasteiger partial charge in [0.05, 0.1) is 0 Å². The molecule has 0 N–H and O–H groups in total. The van der Waals surface area contributed by atoms with Crippen LogP contribution in [0.25, 0.3) is 0 Å². The molecule has 0 saturated heterocycles. The van der Waals surface area contributed by atoms with Crippen molar-refractivity contribution in [3.8, 4) is 0 Å². The first-order valence-electron chi connectivity index (χ1n) is 13.0. The van der Waals surface area contributed by atoms with Crippen molar-refractivity contribution in [1.82, 2.24) is 15.0 Å². The molecule has 3 nitrogen and oxygen atoms in total. The quantitative estimate of drug-likeness (QED) is 0.205. The van der Waals surface area contributed by atoms with Gasteiger partial charge in [-0.15, -0.1) is 0 Å². The Bertz CT molecular complexity index is 447. The van der Waals surface area contributed by atoms with Gasteiger partial charge in [0, 0.05) is 12.8 Å². The molecule has 0 aliphatic carbocycles. The van der Waals surface area contributed by atoms with Crippen molar-refractivity contribution >= 4 is 0 Å². The molecule has 3 heteroatoms. The van der Waals surface area contributed by atoms with Crippen LogP contribution in [0.2, 0.25) is 0 Å². The van der Waals surface area contributed by atoms with Gasteiger partial charge in [0.2, 0.25) is 0 Å². The molecule has 168 valence electrons. The number of nitrogens with zero attached hydrogens (tertiary/aromatic N) is 3. The van der Waals surface area contributed by atoms with E-state index in [2.05, 4.69) is 23.8 Å². The minimum atomic E-state index is 0.900. The fraction of sp³-hybridized carbons (Fsp3) is 0.885. The van der Waals surface area contributed by atoms with Crippen LogP contribution in [0.3, 0.4) is 0 Å². The Labute approximate surface area is 181 Å². The van der Waals surface area contributed by atoms with Crippen LogP contribution in [0.15, 0.2) is 0 Å². The molecule has 1 rings (SSSR count). The Morgan fingerprint density at radius 2 is 0.724 bits per heavy atom. The summed E-state index contributed by atoms with van der Waals surface area (Å²) in [6, 6.07) is 0. The van der Waals surface area contributed by atoms with E-state index in [-0.39, 0.29) is 0 Å². The molecule has 0 amide bonds. The smallest absolute Gasteiger partial charge is 0.132 e. The molecule has 29 heavy (non-hydrogen) atoms. The molecule has 0 saturated carbocycles. The minimum Gasteiger partial charge on any atom is -0.218 e. The van der Waals surface area contributed by atoms with Gasteiger partial charge in [-0.25, -0.2) is 15.0 Å². The van der Waals surface area contributed by atoms with Crippen molar-refractivity contribution in [3.05, 3.63) is 17.5 Å². The highest BCUT2D eigenvalue weighted by molar-refractivity contribution is 4.96. The molecule has 0 unspecified atom stereocenters. The Morgan fingerprint density at radius 3 is 1.07 bits per heavy atom. The van der Waals surface area contributed by atoms with Crippen LogP contribution < -0.4 is 0 Å². The van der Waals surface area contributed by atoms with Crippen molar-refractivity contribution in [2.75, 3.05) is 0 Å². The summed E-state index contributed by atoms with van der Waals surface area (Å²) >= 11 is 0. The van der Waals surface area contributed by atoms with Crippen molar-refractivity contribution in [3.63, 3.8) is 0 Å². The molecule has 1 heterocycles. The molecule has 0 aromatic carbocycles. The fourth-order valence-corrected chi connectivity index (χ4v) is 4.01. The molecule has 0 bridgehead atoms. The maximum atomic E-state index is 4.75. The van der Waals surface area contributed by atoms with Gasteiger partial charge < -0.3 is 0 Å². The highest BCUT2D eigenvalue weighted by Gasteiger charge is 2.04. The summed E-state index contributed by atoms with van der Waals surface area (Å²) in [5.74, 6) is 2.94. The van der Waals surface area contributed by atoms with Gasteiger partial charge in [-0.2, -0.15) is 0 Å². The van der Waals surface area contributed by atoms with E-state index in [1.165, 1.54) is 116 Å². The first kappa shape index (κ1) is 26.0. The lowest BCUT2D eigenvalue weighted by Gasteiger charge is -2.06. The Kier molecular flexibility index (Phi) is 17.1. The van der Waals surface area contributed by atoms with E-state index in [0.29, 0.717) is 0 Å². The minimum absolute atomic E-state index is 0.900. The van der Waals surface area contributed by atoms with Crippen molar-refractivity contribution in [2.24, 2.45) is 0 Å². The van der Waals surface area contributed by atoms with Crippen molar-refractivity contribution in [2.45, 2.75) is 149 Å². The van der Waals surface area contributed by atoms with Gasteiger partial charge >= 0.3 is 0 Å². The zero-order valence-electron chi connectivity index (χ0n) is 20.0. The third kappa shape index (κ3) is 15.5. The SMILES string of the molecule is CCCCCCCCCCCc1nc(C)nc(CCCCCCCCCCC)n1. The molecule has 0 fully saturated rings. The number of rotatable bonds is 20. The first-order chi connectivity index (χ1) is 14.3. The van der Waals surface area contributed by atoms with Gasteiger partial charge in [-0.1, -0.05) is 117 Å². The summed E-state index contributed by atoms with van der Waals surface area (Å²) in [6.45, 7) is 6.58. The summed E-state index contributed by atoms with van der Waals surface area (Å²) in [4.78, 5) is 13.9. The molecular weight excluding hydrogens is 354 g/mol. The molecule has 0 aliphatic rings. The van der Waals surface area contributed by atoms with Crippen LogP contribution in [0.4, 0.5) is 0 Å². The molecular formula is C26H49N3. The van der Waals surface area contributed by atoms with Gasteiger partial charge in [-0.3, -0.25) is 0 Å². The predicted molar refractivity (Wildman–Crippen MR) is 126 cm³/mol. The summed E-state index contributed by atoms with van der Waals surface area (Å²) in [5, 5.41) is 0. The lowest BCUT2D eigenvalue weighted by molar-refractivity contribution is 0.556. The second-order valence-electron chi connectivity index (χ2n) is 8.87. The largest absolute Gasteiger partial charge is 0.218 e. The van der Waals surface area contributed by atoms with Gasteiger partial charge in [0.15, 0.2) is 0 Å². The Morgan fingerprint density at radius 1 is 0.414 bits per heavy atom. The number of hydrogen-bond acceptors (Lipinski definition) is 3. The lowest BCUT2D eigenvalue weighted by Crippen LogP contribution is -2.06. The summed E-state index contributed by atoms with van der Waals surface area (Å²) in [5.41, 5.74) is 0. The zero-order chi connectivity index (χ0) is 21.0. The maximum absolute atomic E-state index is 4.75. The second-order valence-corrected chi connectivity index (χ2v) is 8.87. The van der Waals surface area contributed by atoms with Gasteiger partial charge in [0.1, 0.15) is 17.5 Å². The second kappa shape index (κ2) is 19.0. The first-order valence-corrected chi connectivity index (χ1v) is 13.0. The van der Waals surface area contributed by atoms with E-state index in [1.807, 2.05) is 6.92 Å². The van der Waals surface area contributed by atoms with Crippen LogP contribution in [0, 0.1) is 6.92 Å².